The summed E-state index contributed by atoms with van der Waals surface area (Å²) < 4.78 is 4.72. The topological polar surface area (TPSA) is 52.3 Å². The molecule has 0 radical (unpaired) electrons. The third-order valence-electron chi connectivity index (χ3n) is 3.49. The maximum absolute atomic E-state index is 11.3. The molecule has 0 aromatic rings. The van der Waals surface area contributed by atoms with E-state index >= 15 is 0 Å². The van der Waals surface area contributed by atoms with E-state index in [1.54, 1.807) is 0 Å². The number of hydrogen-bond donors (Lipinski definition) is 1. The quantitative estimate of drug-likeness (QED) is 0.577. The van der Waals surface area contributed by atoms with E-state index in [0.29, 0.717) is 18.3 Å². The van der Waals surface area contributed by atoms with Gasteiger partial charge >= 0.3 is 5.97 Å². The summed E-state index contributed by atoms with van der Waals surface area (Å²) >= 11 is 0. The van der Waals surface area contributed by atoms with Crippen molar-refractivity contribution >= 4 is 5.97 Å². The molecule has 0 bridgehead atoms. The molecule has 0 spiro atoms. The minimum atomic E-state index is -0.108. The monoisotopic (exact) mass is 225 g/mol. The lowest BCUT2D eigenvalue weighted by Gasteiger charge is -2.20. The highest BCUT2D eigenvalue weighted by molar-refractivity contribution is 5.69. The Morgan fingerprint density at radius 3 is 2.81 bits per heavy atom. The summed E-state index contributed by atoms with van der Waals surface area (Å²) in [5, 5.41) is 0. The predicted octanol–water partition coefficient (Wildman–Crippen LogP) is 2.26. The molecule has 0 aliphatic heterocycles. The van der Waals surface area contributed by atoms with E-state index in [1.165, 1.54) is 7.11 Å². The lowest BCUT2D eigenvalue weighted by molar-refractivity contribution is -0.142. The van der Waals surface area contributed by atoms with E-state index < -0.39 is 0 Å². The molecule has 92 valence electrons. The van der Waals surface area contributed by atoms with E-state index in [4.69, 9.17) is 10.5 Å². The molecule has 2 N–H and O–H groups in total. The highest BCUT2D eigenvalue weighted by Gasteiger charge is 2.34. The van der Waals surface area contributed by atoms with Crippen molar-refractivity contribution in [2.24, 2.45) is 17.6 Å². The average Bonchev–Trinajstić information content (AvgIpc) is 2.61. The van der Waals surface area contributed by atoms with Crippen LogP contribution in [0.25, 0.3) is 0 Å². The fourth-order valence-electron chi connectivity index (χ4n) is 2.52. The third kappa shape index (κ3) is 3.63. The van der Waals surface area contributed by atoms with Crippen LogP contribution in [0.15, 0.2) is 12.2 Å². The van der Waals surface area contributed by atoms with Crippen molar-refractivity contribution in [1.82, 2.24) is 0 Å². The zero-order valence-corrected chi connectivity index (χ0v) is 10.3. The van der Waals surface area contributed by atoms with Gasteiger partial charge in [0.05, 0.1) is 7.11 Å². The first kappa shape index (κ1) is 13.2. The molecular formula is C13H23NO2. The van der Waals surface area contributed by atoms with Crippen LogP contribution in [0.2, 0.25) is 0 Å². The van der Waals surface area contributed by atoms with Gasteiger partial charge in [0, 0.05) is 12.5 Å². The fraction of sp³-hybridized carbons (Fsp3) is 0.769. The van der Waals surface area contributed by atoms with E-state index in [1.807, 2.05) is 0 Å². The Hall–Kier alpha value is -0.830. The zero-order valence-electron chi connectivity index (χ0n) is 10.3. The normalized spacial score (nSPS) is 29.8. The summed E-state index contributed by atoms with van der Waals surface area (Å²) in [6, 6.07) is 0.246. The number of esters is 1. The molecule has 3 atom stereocenters. The molecule has 0 amide bonds. The maximum atomic E-state index is 11.3. The number of rotatable bonds is 5. The summed E-state index contributed by atoms with van der Waals surface area (Å²) in [4.78, 5) is 11.3. The first-order chi connectivity index (χ1) is 7.69. The second-order valence-corrected chi connectivity index (χ2v) is 4.56. The number of carbonyl (C=O) groups excluding carboxylic acids is 1. The van der Waals surface area contributed by atoms with Gasteiger partial charge in [-0.3, -0.25) is 4.79 Å². The highest BCUT2D eigenvalue weighted by atomic mass is 16.5. The smallest absolute Gasteiger partial charge is 0.305 e. The molecule has 1 aliphatic carbocycles. The van der Waals surface area contributed by atoms with Crippen LogP contribution in [0.4, 0.5) is 0 Å². The van der Waals surface area contributed by atoms with E-state index in [2.05, 4.69) is 19.1 Å². The van der Waals surface area contributed by atoms with Crippen LogP contribution >= 0.6 is 0 Å². The van der Waals surface area contributed by atoms with Crippen LogP contribution in [-0.4, -0.2) is 19.1 Å². The largest absolute Gasteiger partial charge is 0.469 e. The van der Waals surface area contributed by atoms with Gasteiger partial charge in [-0.05, 0) is 37.5 Å². The van der Waals surface area contributed by atoms with Crippen molar-refractivity contribution in [2.75, 3.05) is 7.11 Å². The number of ether oxygens (including phenoxy) is 1. The fourth-order valence-corrected chi connectivity index (χ4v) is 2.52. The van der Waals surface area contributed by atoms with Gasteiger partial charge in [0.1, 0.15) is 0 Å². The molecule has 0 saturated heterocycles. The minimum absolute atomic E-state index is 0.108. The maximum Gasteiger partial charge on any atom is 0.305 e. The van der Waals surface area contributed by atoms with Crippen molar-refractivity contribution in [3.8, 4) is 0 Å². The molecule has 3 nitrogen and oxygen atoms in total. The Balaban J connectivity index is 2.48. The second-order valence-electron chi connectivity index (χ2n) is 4.56. The summed E-state index contributed by atoms with van der Waals surface area (Å²) in [5.41, 5.74) is 6.08. The van der Waals surface area contributed by atoms with Crippen LogP contribution in [0.3, 0.4) is 0 Å². The highest BCUT2D eigenvalue weighted by Crippen LogP contribution is 2.36. The summed E-state index contributed by atoms with van der Waals surface area (Å²) in [6.45, 7) is 2.12. The average molecular weight is 225 g/mol. The molecule has 1 fully saturated rings. The van der Waals surface area contributed by atoms with Crippen molar-refractivity contribution in [1.29, 1.82) is 0 Å². The van der Waals surface area contributed by atoms with Gasteiger partial charge in [-0.2, -0.15) is 0 Å². The third-order valence-corrected chi connectivity index (χ3v) is 3.49. The molecule has 0 aromatic heterocycles. The van der Waals surface area contributed by atoms with E-state index in [0.717, 1.165) is 25.7 Å². The molecular weight excluding hydrogens is 202 g/mol. The number of methoxy groups -OCH3 is 1. The van der Waals surface area contributed by atoms with Gasteiger partial charge in [0.25, 0.3) is 0 Å². The van der Waals surface area contributed by atoms with Crippen LogP contribution in [0.5, 0.6) is 0 Å². The Kier molecular flexibility index (Phi) is 5.53. The molecule has 1 aliphatic rings. The number of nitrogens with two attached hydrogens (primary N) is 1. The van der Waals surface area contributed by atoms with Gasteiger partial charge in [-0.25, -0.2) is 0 Å². The van der Waals surface area contributed by atoms with Gasteiger partial charge in [0.2, 0.25) is 0 Å². The van der Waals surface area contributed by atoms with Crippen LogP contribution < -0.4 is 5.73 Å². The standard InChI is InChI=1S/C13H23NO2/c1-3-4-5-6-11-10(7-8-12(11)14)9-13(15)16-2/h4-5,10-12H,3,6-9,14H2,1-2H3/b5-4+. The van der Waals surface area contributed by atoms with Gasteiger partial charge in [0.15, 0.2) is 0 Å². The SMILES string of the molecule is CC/C=C/CC1C(N)CCC1CC(=O)OC. The minimum Gasteiger partial charge on any atom is -0.469 e. The molecule has 1 rings (SSSR count). The van der Waals surface area contributed by atoms with Crippen molar-refractivity contribution in [2.45, 2.75) is 45.1 Å². The number of hydrogen-bond acceptors (Lipinski definition) is 3. The van der Waals surface area contributed by atoms with E-state index in [-0.39, 0.29) is 12.0 Å². The van der Waals surface area contributed by atoms with Crippen LogP contribution in [0, 0.1) is 11.8 Å². The molecule has 1 saturated carbocycles. The predicted molar refractivity (Wildman–Crippen MR) is 64.9 cm³/mol. The van der Waals surface area contributed by atoms with Gasteiger partial charge < -0.3 is 10.5 Å². The second kappa shape index (κ2) is 6.69. The van der Waals surface area contributed by atoms with Crippen molar-refractivity contribution in [3.05, 3.63) is 12.2 Å². The Morgan fingerprint density at radius 1 is 1.44 bits per heavy atom. The molecule has 0 aromatic carbocycles. The van der Waals surface area contributed by atoms with Crippen molar-refractivity contribution < 1.29 is 9.53 Å². The van der Waals surface area contributed by atoms with Crippen molar-refractivity contribution in [3.63, 3.8) is 0 Å². The molecule has 3 heteroatoms. The lowest BCUT2D eigenvalue weighted by Crippen LogP contribution is -2.28. The van der Waals surface area contributed by atoms with Gasteiger partial charge in [-0.1, -0.05) is 19.1 Å². The van der Waals surface area contributed by atoms with Gasteiger partial charge in [-0.15, -0.1) is 0 Å². The first-order valence-electron chi connectivity index (χ1n) is 6.16. The van der Waals surface area contributed by atoms with E-state index in [9.17, 15) is 4.79 Å². The lowest BCUT2D eigenvalue weighted by atomic mass is 9.88. The summed E-state index contributed by atoms with van der Waals surface area (Å²) in [6.07, 6.45) is 9.03. The molecule has 3 unspecified atom stereocenters. The molecule has 0 heterocycles. The first-order valence-corrected chi connectivity index (χ1v) is 6.16. The van der Waals surface area contributed by atoms with Crippen LogP contribution in [-0.2, 0) is 9.53 Å². The van der Waals surface area contributed by atoms with Crippen LogP contribution in [0.1, 0.15) is 39.0 Å². The Labute approximate surface area is 98.0 Å². The molecule has 16 heavy (non-hydrogen) atoms. The summed E-state index contributed by atoms with van der Waals surface area (Å²) in [7, 11) is 1.45. The Morgan fingerprint density at radius 2 is 2.19 bits per heavy atom. The zero-order chi connectivity index (χ0) is 12.0. The number of carbonyl (C=O) groups is 1. The Bertz CT molecular complexity index is 250. The summed E-state index contributed by atoms with van der Waals surface area (Å²) in [5.74, 6) is 0.745. The number of allylic oxidation sites excluding steroid dienone is 2.